The lowest BCUT2D eigenvalue weighted by atomic mass is 9.82. The summed E-state index contributed by atoms with van der Waals surface area (Å²) in [6.45, 7) is 16.4. The Bertz CT molecular complexity index is 1560. The molecule has 3 rings (SSSR count). The molecule has 12 heteroatoms. The monoisotopic (exact) mass is 769 g/mol. The molecule has 1 aromatic carbocycles. The van der Waals surface area contributed by atoms with Crippen LogP contribution in [0.15, 0.2) is 35.7 Å². The summed E-state index contributed by atoms with van der Waals surface area (Å²) in [6, 6.07) is 8.93. The Morgan fingerprint density at radius 3 is 2.28 bits per heavy atom. The Kier molecular flexibility index (Phi) is 16.8. The molecule has 300 valence electrons. The van der Waals surface area contributed by atoms with Crippen LogP contribution in [0.4, 0.5) is 0 Å². The maximum Gasteiger partial charge on any atom is 0.306 e. The third kappa shape index (κ3) is 11.9. The first kappa shape index (κ1) is 44.8. The molecule has 1 aliphatic rings. The van der Waals surface area contributed by atoms with Gasteiger partial charge in [0.05, 0.1) is 25.6 Å². The molecule has 1 unspecified atom stereocenters. The van der Waals surface area contributed by atoms with E-state index in [0.29, 0.717) is 22.0 Å². The minimum Gasteiger partial charge on any atom is -0.481 e. The van der Waals surface area contributed by atoms with Gasteiger partial charge >= 0.3 is 11.9 Å². The summed E-state index contributed by atoms with van der Waals surface area (Å²) >= 11 is 1.20. The number of ketones is 1. The zero-order valence-corrected chi connectivity index (χ0v) is 35.0. The molecule has 1 aromatic heterocycles. The van der Waals surface area contributed by atoms with Crippen molar-refractivity contribution in [1.82, 2.24) is 15.2 Å². The number of thiazole rings is 1. The fraction of sp³-hybridized carbons (Fsp3) is 0.667. The predicted octanol–water partition coefficient (Wildman–Crippen LogP) is 7.10. The molecule has 2 heterocycles. The molecule has 11 nitrogen and oxygen atoms in total. The molecule has 8 atom stereocenters. The summed E-state index contributed by atoms with van der Waals surface area (Å²) < 4.78 is 6.52. The minimum absolute atomic E-state index is 0.00777. The number of carbonyl (C=O) groups excluding carboxylic acids is 4. The maximum atomic E-state index is 14.4. The lowest BCUT2D eigenvalue weighted by molar-refractivity contribution is -0.948. The lowest BCUT2D eigenvalue weighted by Crippen LogP contribution is -2.62. The number of Topliss-reactive ketones (excluding diaryl/α,β-unsaturated/α-hetero) is 1. The van der Waals surface area contributed by atoms with Crippen molar-refractivity contribution in [2.45, 2.75) is 137 Å². The number of hydrogen-bond acceptors (Lipinski definition) is 8. The van der Waals surface area contributed by atoms with Gasteiger partial charge in [0.2, 0.25) is 5.91 Å². The summed E-state index contributed by atoms with van der Waals surface area (Å²) in [5, 5.41) is 14.6. The quantitative estimate of drug-likeness (QED) is 0.107. The van der Waals surface area contributed by atoms with Gasteiger partial charge in [-0.15, -0.1) is 11.3 Å². The second kappa shape index (κ2) is 20.3. The van der Waals surface area contributed by atoms with Gasteiger partial charge in [0.25, 0.3) is 5.91 Å². The van der Waals surface area contributed by atoms with E-state index >= 15 is 0 Å². The number of piperidine rings is 1. The van der Waals surface area contributed by atoms with Gasteiger partial charge in [-0.1, -0.05) is 71.4 Å². The maximum absolute atomic E-state index is 14.4. The number of carbonyl (C=O) groups is 5. The molecule has 1 saturated heterocycles. The lowest BCUT2D eigenvalue weighted by Gasteiger charge is -2.47. The fourth-order valence-electron chi connectivity index (χ4n) is 7.86. The van der Waals surface area contributed by atoms with Gasteiger partial charge in [0.1, 0.15) is 16.7 Å². The summed E-state index contributed by atoms with van der Waals surface area (Å²) in [4.78, 5) is 72.5. The number of nitrogens with one attached hydrogen (secondary N) is 1. The van der Waals surface area contributed by atoms with Crippen LogP contribution in [0.3, 0.4) is 0 Å². The van der Waals surface area contributed by atoms with Crippen LogP contribution in [0.5, 0.6) is 0 Å². The minimum atomic E-state index is -0.940. The molecule has 54 heavy (non-hydrogen) atoms. The molecule has 0 spiro atoms. The standard InChI is InChI=1S/C42H64N4O7S/c1-11-28(6)33(23-37(48)36-19-15-16-20-46(36,10)27(4)5)41(50)45(9)35(26(2)3)24-38(53-30(8)47)40-44-34(25-54-40)39(49)43-32(21-29(7)42(51)52)22-31-17-13-12-14-18-31/h12-14,17-18,25-29,32-33,35-36,38H,11,15-16,19-24H2,1-10H3,(H-,43,49,51,52)/p+1/t28-,29-,32+,33-,35+,36+,38+,46?/m0/s1. The van der Waals surface area contributed by atoms with Crippen LogP contribution in [0.2, 0.25) is 0 Å². The second-order valence-electron chi connectivity index (χ2n) is 16.3. The molecule has 0 aliphatic carbocycles. The van der Waals surface area contributed by atoms with E-state index in [9.17, 15) is 29.1 Å². The van der Waals surface area contributed by atoms with Crippen molar-refractivity contribution in [3.8, 4) is 0 Å². The van der Waals surface area contributed by atoms with Gasteiger partial charge < -0.3 is 24.5 Å². The van der Waals surface area contributed by atoms with E-state index in [-0.39, 0.29) is 60.6 Å². The molecule has 0 saturated carbocycles. The average Bonchev–Trinajstić information content (AvgIpc) is 3.62. The van der Waals surface area contributed by atoms with Crippen LogP contribution >= 0.6 is 11.3 Å². The normalized spacial score (nSPS) is 20.7. The van der Waals surface area contributed by atoms with Crippen molar-refractivity contribution >= 4 is 40.9 Å². The molecule has 0 radical (unpaired) electrons. The number of carboxylic acid groups (broad SMARTS) is 1. The highest BCUT2D eigenvalue weighted by atomic mass is 32.1. The highest BCUT2D eigenvalue weighted by Crippen LogP contribution is 2.34. The number of likely N-dealkylation sites (N-methyl/N-ethyl adjacent to an activating group) is 1. The van der Waals surface area contributed by atoms with Gasteiger partial charge in [-0.25, -0.2) is 4.98 Å². The Morgan fingerprint density at radius 2 is 1.70 bits per heavy atom. The van der Waals surface area contributed by atoms with E-state index in [1.807, 2.05) is 58.0 Å². The Morgan fingerprint density at radius 1 is 1.04 bits per heavy atom. The second-order valence-corrected chi connectivity index (χ2v) is 17.2. The van der Waals surface area contributed by atoms with Gasteiger partial charge in [0.15, 0.2) is 11.9 Å². The topological polar surface area (TPSA) is 143 Å². The zero-order chi connectivity index (χ0) is 40.3. The van der Waals surface area contributed by atoms with E-state index in [1.54, 1.807) is 24.3 Å². The average molecular weight is 770 g/mol. The van der Waals surface area contributed by atoms with Crippen molar-refractivity contribution in [3.05, 3.63) is 52.0 Å². The van der Waals surface area contributed by atoms with E-state index in [2.05, 4.69) is 31.2 Å². The van der Waals surface area contributed by atoms with E-state index in [0.717, 1.165) is 37.8 Å². The number of rotatable bonds is 20. The number of carboxylic acids is 1. The molecular formula is C42H65N4O7S+. The SMILES string of the molecule is CC[C@H](C)[C@H](CC(=O)[C@H]1CCCC[N+]1(C)C(C)C)C(=O)N(C)[C@H](C[C@@H](OC(C)=O)c1nc(C(=O)N[C@@H](Cc2ccccc2)C[C@H](C)C(=O)O)cs1)C(C)C. The first-order valence-electron chi connectivity index (χ1n) is 19.7. The van der Waals surface area contributed by atoms with Crippen molar-refractivity contribution < 1.29 is 38.3 Å². The molecule has 2 amide bonds. The van der Waals surface area contributed by atoms with Crippen LogP contribution in [-0.4, -0.2) is 93.8 Å². The number of hydrogen-bond donors (Lipinski definition) is 2. The van der Waals surface area contributed by atoms with Crippen LogP contribution in [0.25, 0.3) is 0 Å². The molecule has 1 aliphatic heterocycles. The smallest absolute Gasteiger partial charge is 0.306 e. The van der Waals surface area contributed by atoms with Crippen molar-refractivity contribution in [2.75, 3.05) is 20.6 Å². The van der Waals surface area contributed by atoms with Gasteiger partial charge in [0, 0.05) is 56.6 Å². The number of aliphatic carboxylic acids is 1. The molecular weight excluding hydrogens is 705 g/mol. The third-order valence-corrected chi connectivity index (χ3v) is 12.8. The predicted molar refractivity (Wildman–Crippen MR) is 212 cm³/mol. The first-order chi connectivity index (χ1) is 25.4. The Balaban J connectivity index is 1.83. The van der Waals surface area contributed by atoms with E-state index in [1.165, 1.54) is 18.3 Å². The van der Waals surface area contributed by atoms with Gasteiger partial charge in [-0.05, 0) is 56.9 Å². The highest BCUT2D eigenvalue weighted by Gasteiger charge is 2.44. The summed E-state index contributed by atoms with van der Waals surface area (Å²) in [5.41, 5.74) is 1.11. The molecule has 2 N–H and O–H groups in total. The van der Waals surface area contributed by atoms with Crippen molar-refractivity contribution in [3.63, 3.8) is 0 Å². The number of likely N-dealkylation sites (tertiary alicyclic amines) is 1. The summed E-state index contributed by atoms with van der Waals surface area (Å²) in [7, 11) is 3.96. The first-order valence-corrected chi connectivity index (χ1v) is 20.6. The van der Waals surface area contributed by atoms with Crippen LogP contribution in [-0.2, 0) is 30.3 Å². The fourth-order valence-corrected chi connectivity index (χ4v) is 8.70. The zero-order valence-electron chi connectivity index (χ0n) is 34.2. The number of nitrogens with zero attached hydrogens (tertiary/aromatic N) is 3. The number of amides is 2. The highest BCUT2D eigenvalue weighted by molar-refractivity contribution is 7.09. The third-order valence-electron chi connectivity index (χ3n) is 11.8. The molecule has 1 fully saturated rings. The Hall–Kier alpha value is -3.64. The van der Waals surface area contributed by atoms with Crippen LogP contribution in [0, 0.1) is 23.7 Å². The van der Waals surface area contributed by atoms with Crippen LogP contribution < -0.4 is 5.32 Å². The number of ether oxygens (including phenoxy) is 1. The number of quaternary nitrogens is 1. The Labute approximate surface area is 326 Å². The molecule has 0 bridgehead atoms. The van der Waals surface area contributed by atoms with E-state index in [4.69, 9.17) is 4.74 Å². The van der Waals surface area contributed by atoms with Gasteiger partial charge in [-0.3, -0.25) is 24.0 Å². The largest absolute Gasteiger partial charge is 0.481 e. The van der Waals surface area contributed by atoms with E-state index < -0.39 is 41.8 Å². The van der Waals surface area contributed by atoms with Gasteiger partial charge in [-0.2, -0.15) is 0 Å². The summed E-state index contributed by atoms with van der Waals surface area (Å²) in [6.07, 6.45) is 4.03. The van der Waals surface area contributed by atoms with Crippen molar-refractivity contribution in [2.24, 2.45) is 23.7 Å². The summed E-state index contributed by atoms with van der Waals surface area (Å²) in [5.74, 6) is -3.01. The van der Waals surface area contributed by atoms with Crippen LogP contribution in [0.1, 0.15) is 127 Å². The molecule has 2 aromatic rings. The number of esters is 1. The number of benzene rings is 1. The number of aromatic nitrogens is 1. The van der Waals surface area contributed by atoms with Crippen molar-refractivity contribution in [1.29, 1.82) is 0 Å².